The third kappa shape index (κ3) is 2.92. The zero-order valence-corrected chi connectivity index (χ0v) is 12.5. The summed E-state index contributed by atoms with van der Waals surface area (Å²) in [5, 5.41) is 0.567. The number of aromatic nitrogens is 1. The smallest absolute Gasteiger partial charge is 0.219 e. The number of hydrogen-bond donors (Lipinski definition) is 0. The van der Waals surface area contributed by atoms with Crippen molar-refractivity contribution in [2.45, 2.75) is 31.6 Å². The third-order valence-electron chi connectivity index (χ3n) is 3.60. The van der Waals surface area contributed by atoms with Crippen molar-refractivity contribution in [3.8, 4) is 11.6 Å². The molecule has 4 heteroatoms. The number of aryl methyl sites for hydroxylation is 2. The number of alkyl halides is 1. The van der Waals surface area contributed by atoms with Crippen molar-refractivity contribution in [3.05, 3.63) is 52.2 Å². The highest BCUT2D eigenvalue weighted by Crippen LogP contribution is 2.29. The standard InChI is InChI=1S/C16H15Cl2NO/c17-9-13-8-16(19-10-15(13)18)20-14-6-5-11-3-1-2-4-12(11)7-14/h5-8,10H,1-4,9H2. The number of ether oxygens (including phenoxy) is 1. The zero-order chi connectivity index (χ0) is 13.9. The van der Waals surface area contributed by atoms with Gasteiger partial charge in [-0.1, -0.05) is 17.7 Å². The van der Waals surface area contributed by atoms with Crippen molar-refractivity contribution < 1.29 is 4.74 Å². The van der Waals surface area contributed by atoms with Crippen molar-refractivity contribution in [1.29, 1.82) is 0 Å². The van der Waals surface area contributed by atoms with Gasteiger partial charge in [0.15, 0.2) is 0 Å². The maximum absolute atomic E-state index is 5.99. The van der Waals surface area contributed by atoms with E-state index < -0.39 is 0 Å². The lowest BCUT2D eigenvalue weighted by Gasteiger charge is -2.16. The average Bonchev–Trinajstić information content (AvgIpc) is 2.49. The highest BCUT2D eigenvalue weighted by Gasteiger charge is 2.11. The normalized spacial score (nSPS) is 13.9. The molecule has 1 aliphatic rings. The first-order valence-electron chi connectivity index (χ1n) is 6.76. The molecule has 0 aliphatic heterocycles. The first-order valence-corrected chi connectivity index (χ1v) is 7.67. The van der Waals surface area contributed by atoms with E-state index in [9.17, 15) is 0 Å². The van der Waals surface area contributed by atoms with Crippen molar-refractivity contribution in [1.82, 2.24) is 4.98 Å². The number of rotatable bonds is 3. The molecule has 0 bridgehead atoms. The van der Waals surface area contributed by atoms with Gasteiger partial charge in [-0.2, -0.15) is 0 Å². The highest BCUT2D eigenvalue weighted by atomic mass is 35.5. The van der Waals surface area contributed by atoms with Crippen LogP contribution in [0.25, 0.3) is 0 Å². The van der Waals surface area contributed by atoms with Crippen LogP contribution in [-0.4, -0.2) is 4.98 Å². The summed E-state index contributed by atoms with van der Waals surface area (Å²) in [5.74, 6) is 1.70. The molecule has 0 radical (unpaired) electrons. The first-order chi connectivity index (χ1) is 9.76. The molecule has 0 atom stereocenters. The summed E-state index contributed by atoms with van der Waals surface area (Å²) in [6.45, 7) is 0. The van der Waals surface area contributed by atoms with Crippen LogP contribution in [0.5, 0.6) is 11.6 Å². The summed E-state index contributed by atoms with van der Waals surface area (Å²) in [6.07, 6.45) is 6.42. The second kappa shape index (κ2) is 6.02. The summed E-state index contributed by atoms with van der Waals surface area (Å²) >= 11 is 11.8. The quantitative estimate of drug-likeness (QED) is 0.732. The Hall–Kier alpha value is -1.25. The lowest BCUT2D eigenvalue weighted by atomic mass is 9.92. The summed E-state index contributed by atoms with van der Waals surface area (Å²) < 4.78 is 5.81. The van der Waals surface area contributed by atoms with E-state index in [0.717, 1.165) is 17.7 Å². The highest BCUT2D eigenvalue weighted by molar-refractivity contribution is 6.32. The van der Waals surface area contributed by atoms with Crippen molar-refractivity contribution >= 4 is 23.2 Å². The van der Waals surface area contributed by atoms with Crippen LogP contribution in [0.1, 0.15) is 29.5 Å². The summed E-state index contributed by atoms with van der Waals surface area (Å²) in [4.78, 5) is 4.18. The molecule has 0 N–H and O–H groups in total. The molecule has 104 valence electrons. The van der Waals surface area contributed by atoms with Gasteiger partial charge < -0.3 is 4.74 Å². The lowest BCUT2D eigenvalue weighted by molar-refractivity contribution is 0.461. The van der Waals surface area contributed by atoms with Crippen molar-refractivity contribution in [3.63, 3.8) is 0 Å². The Bertz CT molecular complexity index is 628. The molecule has 0 unspecified atom stereocenters. The van der Waals surface area contributed by atoms with Gasteiger partial charge in [0.25, 0.3) is 0 Å². The fourth-order valence-electron chi connectivity index (χ4n) is 2.51. The van der Waals surface area contributed by atoms with Crippen LogP contribution in [0.4, 0.5) is 0 Å². The topological polar surface area (TPSA) is 22.1 Å². The van der Waals surface area contributed by atoms with Gasteiger partial charge in [-0.15, -0.1) is 11.6 Å². The maximum atomic E-state index is 5.99. The Morgan fingerprint density at radius 1 is 1.10 bits per heavy atom. The van der Waals surface area contributed by atoms with Crippen LogP contribution in [0.3, 0.4) is 0 Å². The van der Waals surface area contributed by atoms with E-state index in [4.69, 9.17) is 27.9 Å². The van der Waals surface area contributed by atoms with E-state index in [1.165, 1.54) is 30.4 Å². The summed E-state index contributed by atoms with van der Waals surface area (Å²) in [6, 6.07) is 8.06. The Morgan fingerprint density at radius 3 is 2.70 bits per heavy atom. The fourth-order valence-corrected chi connectivity index (χ4v) is 2.97. The molecule has 1 aromatic carbocycles. The SMILES string of the molecule is ClCc1cc(Oc2ccc3c(c2)CCCC3)ncc1Cl. The van der Waals surface area contributed by atoms with Crippen LogP contribution in [-0.2, 0) is 18.7 Å². The predicted octanol–water partition coefficient (Wildman–Crippen LogP) is 5.14. The minimum atomic E-state index is 0.349. The van der Waals surface area contributed by atoms with Crippen LogP contribution in [0.15, 0.2) is 30.5 Å². The molecule has 0 amide bonds. The van der Waals surface area contributed by atoms with Gasteiger partial charge in [0.2, 0.25) is 5.88 Å². The number of hydrogen-bond acceptors (Lipinski definition) is 2. The maximum Gasteiger partial charge on any atom is 0.219 e. The van der Waals surface area contributed by atoms with Crippen LogP contribution >= 0.6 is 23.2 Å². The monoisotopic (exact) mass is 307 g/mol. The Morgan fingerprint density at radius 2 is 1.90 bits per heavy atom. The number of benzene rings is 1. The minimum absolute atomic E-state index is 0.349. The minimum Gasteiger partial charge on any atom is -0.439 e. The number of nitrogens with zero attached hydrogens (tertiary/aromatic N) is 1. The van der Waals surface area contributed by atoms with Crippen LogP contribution in [0.2, 0.25) is 5.02 Å². The molecule has 1 aliphatic carbocycles. The lowest BCUT2D eigenvalue weighted by Crippen LogP contribution is -2.02. The molecule has 0 saturated heterocycles. The molecule has 2 aromatic rings. The van der Waals surface area contributed by atoms with Crippen molar-refractivity contribution in [2.75, 3.05) is 0 Å². The molecular formula is C16H15Cl2NO. The Labute approximate surface area is 128 Å². The van der Waals surface area contributed by atoms with E-state index in [0.29, 0.717) is 16.8 Å². The van der Waals surface area contributed by atoms with Crippen molar-refractivity contribution in [2.24, 2.45) is 0 Å². The third-order valence-corrected chi connectivity index (χ3v) is 4.22. The second-order valence-corrected chi connectivity index (χ2v) is 5.66. The van der Waals surface area contributed by atoms with Gasteiger partial charge in [-0.3, -0.25) is 0 Å². The number of pyridine rings is 1. The average molecular weight is 308 g/mol. The van der Waals surface area contributed by atoms with Gasteiger partial charge in [-0.05, 0) is 54.5 Å². The summed E-state index contributed by atoms with van der Waals surface area (Å²) in [5.41, 5.74) is 3.66. The molecule has 20 heavy (non-hydrogen) atoms. The van der Waals surface area contributed by atoms with Gasteiger partial charge in [0.1, 0.15) is 5.75 Å². The molecule has 3 rings (SSSR count). The number of fused-ring (bicyclic) bond motifs is 1. The molecule has 1 heterocycles. The van der Waals surface area contributed by atoms with E-state index in [1.54, 1.807) is 12.3 Å². The zero-order valence-electron chi connectivity index (χ0n) is 11.0. The van der Waals surface area contributed by atoms with E-state index >= 15 is 0 Å². The molecule has 0 saturated carbocycles. The molecule has 0 fully saturated rings. The largest absolute Gasteiger partial charge is 0.439 e. The van der Waals surface area contributed by atoms with Gasteiger partial charge in [0, 0.05) is 18.1 Å². The molecule has 1 aromatic heterocycles. The molecule has 0 spiro atoms. The Balaban J connectivity index is 1.84. The van der Waals surface area contributed by atoms with E-state index in [1.807, 2.05) is 6.07 Å². The van der Waals surface area contributed by atoms with Gasteiger partial charge >= 0.3 is 0 Å². The molecular weight excluding hydrogens is 293 g/mol. The predicted molar refractivity (Wildman–Crippen MR) is 82.0 cm³/mol. The molecule has 2 nitrogen and oxygen atoms in total. The number of halogens is 2. The van der Waals surface area contributed by atoms with E-state index in [-0.39, 0.29) is 0 Å². The fraction of sp³-hybridized carbons (Fsp3) is 0.312. The van der Waals surface area contributed by atoms with Crippen LogP contribution < -0.4 is 4.74 Å². The van der Waals surface area contributed by atoms with Gasteiger partial charge in [0.05, 0.1) is 5.02 Å². The first kappa shape index (κ1) is 13.7. The Kier molecular flexibility index (Phi) is 4.13. The van der Waals surface area contributed by atoms with Gasteiger partial charge in [-0.25, -0.2) is 4.98 Å². The summed E-state index contributed by atoms with van der Waals surface area (Å²) in [7, 11) is 0. The van der Waals surface area contributed by atoms with Crippen LogP contribution in [0, 0.1) is 0 Å². The second-order valence-electron chi connectivity index (χ2n) is 4.99. The van der Waals surface area contributed by atoms with E-state index in [2.05, 4.69) is 17.1 Å².